The third kappa shape index (κ3) is 5.68. The van der Waals surface area contributed by atoms with Gasteiger partial charge in [-0.3, -0.25) is 0 Å². The van der Waals surface area contributed by atoms with Gasteiger partial charge in [-0.1, -0.05) is 50.2 Å². The van der Waals surface area contributed by atoms with E-state index in [1.165, 1.54) is 16.7 Å². The zero-order chi connectivity index (χ0) is 22.3. The van der Waals surface area contributed by atoms with E-state index in [9.17, 15) is 0 Å². The van der Waals surface area contributed by atoms with Crippen LogP contribution >= 0.6 is 0 Å². The summed E-state index contributed by atoms with van der Waals surface area (Å²) in [6.07, 6.45) is 1.55. The molecule has 0 spiro atoms. The predicted molar refractivity (Wildman–Crippen MR) is 123 cm³/mol. The van der Waals surface area contributed by atoms with Gasteiger partial charge in [0.2, 0.25) is 0 Å². The number of rotatable bonds is 10. The van der Waals surface area contributed by atoms with Crippen molar-refractivity contribution in [3.63, 3.8) is 0 Å². The minimum atomic E-state index is -0.327. The first-order chi connectivity index (χ1) is 14.6. The highest BCUT2D eigenvalue weighted by Gasteiger charge is 2.33. The summed E-state index contributed by atoms with van der Waals surface area (Å²) in [7, 11) is 0. The lowest BCUT2D eigenvalue weighted by Crippen LogP contribution is -2.30. The molecule has 2 aliphatic heterocycles. The molecule has 0 aliphatic carbocycles. The number of ether oxygens (including phenoxy) is 4. The maximum Gasteiger partial charge on any atom is 0.120 e. The van der Waals surface area contributed by atoms with Crippen LogP contribution in [0.5, 0.6) is 5.75 Å². The average molecular weight is 425 g/mol. The average Bonchev–Trinajstić information content (AvgIpc) is 3.62. The SMILES string of the molecule is CC(C)(CC1CO1)Oc1ccc(C(C)(C)c2ccc(C(C)(C)OCC3CO3)cc2)cc1. The van der Waals surface area contributed by atoms with Crippen molar-refractivity contribution in [3.8, 4) is 5.75 Å². The second kappa shape index (κ2) is 8.23. The van der Waals surface area contributed by atoms with Crippen LogP contribution in [0.2, 0.25) is 0 Å². The molecule has 2 saturated heterocycles. The predicted octanol–water partition coefficient (Wildman–Crippen LogP) is 5.61. The highest BCUT2D eigenvalue weighted by molar-refractivity contribution is 5.41. The molecule has 0 N–H and O–H groups in total. The lowest BCUT2D eigenvalue weighted by Gasteiger charge is -2.30. The van der Waals surface area contributed by atoms with Crippen molar-refractivity contribution in [2.24, 2.45) is 0 Å². The van der Waals surface area contributed by atoms with Gasteiger partial charge in [0.15, 0.2) is 0 Å². The van der Waals surface area contributed by atoms with Gasteiger partial charge in [-0.25, -0.2) is 0 Å². The largest absolute Gasteiger partial charge is 0.488 e. The Hall–Kier alpha value is -1.88. The fourth-order valence-electron chi connectivity index (χ4n) is 4.04. The Morgan fingerprint density at radius 2 is 1.23 bits per heavy atom. The third-order valence-corrected chi connectivity index (χ3v) is 6.43. The molecule has 4 nitrogen and oxygen atoms in total. The monoisotopic (exact) mass is 424 g/mol. The van der Waals surface area contributed by atoms with Gasteiger partial charge < -0.3 is 18.9 Å². The summed E-state index contributed by atoms with van der Waals surface area (Å²) in [5, 5.41) is 0. The van der Waals surface area contributed by atoms with E-state index in [1.807, 2.05) is 0 Å². The van der Waals surface area contributed by atoms with Gasteiger partial charge in [0.25, 0.3) is 0 Å². The van der Waals surface area contributed by atoms with Crippen molar-refractivity contribution in [2.75, 3.05) is 19.8 Å². The van der Waals surface area contributed by atoms with Gasteiger partial charge in [0.05, 0.1) is 31.5 Å². The van der Waals surface area contributed by atoms with Gasteiger partial charge in [-0.15, -0.1) is 0 Å². The van der Waals surface area contributed by atoms with Gasteiger partial charge in [0.1, 0.15) is 17.5 Å². The van der Waals surface area contributed by atoms with E-state index in [2.05, 4.69) is 90.1 Å². The van der Waals surface area contributed by atoms with Crippen LogP contribution in [0.25, 0.3) is 0 Å². The van der Waals surface area contributed by atoms with Crippen molar-refractivity contribution in [1.29, 1.82) is 0 Å². The molecule has 0 bridgehead atoms. The zero-order valence-corrected chi connectivity index (χ0v) is 19.7. The molecule has 0 aromatic heterocycles. The van der Waals surface area contributed by atoms with Crippen LogP contribution in [0.15, 0.2) is 48.5 Å². The molecule has 2 fully saturated rings. The standard InChI is InChI=1S/C27H36O4/c1-25(2,15-23-16-28-23)31-22-13-11-20(12-14-22)26(3,4)19-7-9-21(10-8-19)27(5,6)30-18-24-17-29-24/h7-14,23-24H,15-18H2,1-6H3. The molecule has 2 unspecified atom stereocenters. The van der Waals surface area contributed by atoms with E-state index in [1.54, 1.807) is 0 Å². The van der Waals surface area contributed by atoms with Crippen molar-refractivity contribution >= 4 is 0 Å². The second-order valence-corrected chi connectivity index (χ2v) is 10.5. The highest BCUT2D eigenvalue weighted by atomic mass is 16.6. The molecule has 2 atom stereocenters. The molecule has 0 amide bonds. The number of benzene rings is 2. The lowest BCUT2D eigenvalue weighted by atomic mass is 9.77. The maximum absolute atomic E-state index is 6.22. The zero-order valence-electron chi connectivity index (χ0n) is 19.7. The van der Waals surface area contributed by atoms with Gasteiger partial charge in [0, 0.05) is 11.8 Å². The topological polar surface area (TPSA) is 43.5 Å². The van der Waals surface area contributed by atoms with Crippen molar-refractivity contribution < 1.29 is 18.9 Å². The highest BCUT2D eigenvalue weighted by Crippen LogP contribution is 2.35. The molecular weight excluding hydrogens is 388 g/mol. The summed E-state index contributed by atoms with van der Waals surface area (Å²) in [6.45, 7) is 15.3. The normalized spacial score (nSPS) is 21.1. The van der Waals surface area contributed by atoms with E-state index in [0.717, 1.165) is 25.4 Å². The molecule has 4 heteroatoms. The van der Waals surface area contributed by atoms with E-state index >= 15 is 0 Å². The minimum Gasteiger partial charge on any atom is -0.488 e. The lowest BCUT2D eigenvalue weighted by molar-refractivity contribution is -0.0285. The Balaban J connectivity index is 1.43. The van der Waals surface area contributed by atoms with Crippen LogP contribution in [0.3, 0.4) is 0 Å². The molecule has 2 aromatic rings. The molecular formula is C27H36O4. The smallest absolute Gasteiger partial charge is 0.120 e. The molecule has 2 aromatic carbocycles. The molecule has 2 heterocycles. The summed E-state index contributed by atoms with van der Waals surface area (Å²) in [6, 6.07) is 17.3. The Labute approximate surface area is 186 Å². The first-order valence-electron chi connectivity index (χ1n) is 11.3. The van der Waals surface area contributed by atoms with Crippen molar-refractivity contribution in [1.82, 2.24) is 0 Å². The van der Waals surface area contributed by atoms with Crippen molar-refractivity contribution in [2.45, 2.75) is 76.8 Å². The minimum absolute atomic E-state index is 0.110. The van der Waals surface area contributed by atoms with E-state index in [-0.39, 0.29) is 22.7 Å². The van der Waals surface area contributed by atoms with Gasteiger partial charge in [-0.2, -0.15) is 0 Å². The number of hydrogen-bond acceptors (Lipinski definition) is 4. The third-order valence-electron chi connectivity index (χ3n) is 6.43. The first kappa shape index (κ1) is 22.3. The molecule has 2 aliphatic rings. The van der Waals surface area contributed by atoms with Crippen LogP contribution in [0.4, 0.5) is 0 Å². The van der Waals surface area contributed by atoms with Crippen molar-refractivity contribution in [3.05, 3.63) is 65.2 Å². The summed E-state index contributed by atoms with van der Waals surface area (Å²) >= 11 is 0. The summed E-state index contributed by atoms with van der Waals surface area (Å²) < 4.78 is 22.9. The Morgan fingerprint density at radius 3 is 1.74 bits per heavy atom. The molecule has 31 heavy (non-hydrogen) atoms. The van der Waals surface area contributed by atoms with Crippen LogP contribution in [0, 0.1) is 0 Å². The first-order valence-corrected chi connectivity index (χ1v) is 11.3. The maximum atomic E-state index is 6.22. The van der Waals surface area contributed by atoms with E-state index < -0.39 is 0 Å². The molecule has 168 valence electrons. The van der Waals surface area contributed by atoms with Crippen LogP contribution in [0.1, 0.15) is 64.7 Å². The van der Waals surface area contributed by atoms with Gasteiger partial charge >= 0.3 is 0 Å². The second-order valence-electron chi connectivity index (χ2n) is 10.5. The molecule has 0 radical (unpaired) electrons. The summed E-state index contributed by atoms with van der Waals surface area (Å²) in [5.41, 5.74) is 3.05. The van der Waals surface area contributed by atoms with E-state index in [0.29, 0.717) is 12.7 Å². The fraction of sp³-hybridized carbons (Fsp3) is 0.556. The number of epoxide rings is 2. The van der Waals surface area contributed by atoms with E-state index in [4.69, 9.17) is 18.9 Å². The molecule has 4 rings (SSSR count). The fourth-order valence-corrected chi connectivity index (χ4v) is 4.04. The van der Waals surface area contributed by atoms with Crippen LogP contribution in [-0.2, 0) is 25.2 Å². The quantitative estimate of drug-likeness (QED) is 0.465. The van der Waals surface area contributed by atoms with Crippen LogP contribution in [-0.4, -0.2) is 37.6 Å². The number of hydrogen-bond donors (Lipinski definition) is 0. The summed E-state index contributed by atoms with van der Waals surface area (Å²) in [4.78, 5) is 0. The Bertz CT molecular complexity index is 872. The Morgan fingerprint density at radius 1 is 0.742 bits per heavy atom. The molecule has 0 saturated carbocycles. The summed E-state index contributed by atoms with van der Waals surface area (Å²) in [5.74, 6) is 0.902. The van der Waals surface area contributed by atoms with Crippen LogP contribution < -0.4 is 4.74 Å². The Kier molecular flexibility index (Phi) is 5.93. The van der Waals surface area contributed by atoms with Gasteiger partial charge in [-0.05, 0) is 56.5 Å².